The molecule has 1 aliphatic carbocycles. The summed E-state index contributed by atoms with van der Waals surface area (Å²) < 4.78 is 0. The van der Waals surface area contributed by atoms with Crippen molar-refractivity contribution < 1.29 is 0 Å². The second kappa shape index (κ2) is 5.92. The summed E-state index contributed by atoms with van der Waals surface area (Å²) in [6.07, 6.45) is 9.32. The first-order chi connectivity index (χ1) is 9.83. The first-order valence-electron chi connectivity index (χ1n) is 7.83. The third-order valence-corrected chi connectivity index (χ3v) is 4.99. The molecule has 2 aromatic rings. The van der Waals surface area contributed by atoms with Crippen LogP contribution in [0.15, 0.2) is 36.7 Å². The minimum atomic E-state index is 0.458. The third-order valence-electron chi connectivity index (χ3n) is 4.99. The van der Waals surface area contributed by atoms with Crippen molar-refractivity contribution in [2.24, 2.45) is 11.8 Å². The fourth-order valence-corrected chi connectivity index (χ4v) is 3.84. The van der Waals surface area contributed by atoms with E-state index in [4.69, 9.17) is 0 Å². The zero-order valence-electron chi connectivity index (χ0n) is 12.5. The normalized spacial score (nSPS) is 24.1. The van der Waals surface area contributed by atoms with Crippen molar-refractivity contribution in [3.63, 3.8) is 0 Å². The molecule has 0 spiro atoms. The van der Waals surface area contributed by atoms with Crippen molar-refractivity contribution in [1.29, 1.82) is 0 Å². The first kappa shape index (κ1) is 13.6. The number of hydrogen-bond acceptors (Lipinski definition) is 2. The summed E-state index contributed by atoms with van der Waals surface area (Å²) in [6.45, 7) is 2.32. The minimum Gasteiger partial charge on any atom is -0.313 e. The number of nitrogens with zero attached hydrogens (tertiary/aromatic N) is 1. The molecular weight excluding hydrogens is 244 g/mol. The van der Waals surface area contributed by atoms with Gasteiger partial charge in [0, 0.05) is 23.8 Å². The number of aromatic nitrogens is 1. The Hall–Kier alpha value is -1.41. The number of hydrogen-bond donors (Lipinski definition) is 1. The molecule has 1 aliphatic rings. The van der Waals surface area contributed by atoms with Crippen LogP contribution in [-0.4, -0.2) is 12.0 Å². The van der Waals surface area contributed by atoms with Crippen LogP contribution in [0.3, 0.4) is 0 Å². The van der Waals surface area contributed by atoms with E-state index in [1.54, 1.807) is 0 Å². The highest BCUT2D eigenvalue weighted by molar-refractivity contribution is 5.85. The number of pyridine rings is 1. The van der Waals surface area contributed by atoms with E-state index in [-0.39, 0.29) is 0 Å². The predicted octanol–water partition coefficient (Wildman–Crippen LogP) is 4.32. The van der Waals surface area contributed by atoms with Gasteiger partial charge >= 0.3 is 0 Å². The summed E-state index contributed by atoms with van der Waals surface area (Å²) in [5, 5.41) is 6.16. The molecule has 0 bridgehead atoms. The summed E-state index contributed by atoms with van der Waals surface area (Å²) in [7, 11) is 2.10. The summed E-state index contributed by atoms with van der Waals surface area (Å²) in [4.78, 5) is 4.32. The molecule has 1 aromatic heterocycles. The van der Waals surface area contributed by atoms with Gasteiger partial charge in [-0.25, -0.2) is 0 Å². The van der Waals surface area contributed by atoms with E-state index in [9.17, 15) is 0 Å². The van der Waals surface area contributed by atoms with Crippen molar-refractivity contribution >= 4 is 10.8 Å². The van der Waals surface area contributed by atoms with Gasteiger partial charge in [0.05, 0.1) is 0 Å². The zero-order valence-corrected chi connectivity index (χ0v) is 12.5. The number of benzene rings is 1. The molecule has 0 amide bonds. The minimum absolute atomic E-state index is 0.458. The van der Waals surface area contributed by atoms with Crippen LogP contribution in [0, 0.1) is 11.8 Å². The molecule has 0 saturated heterocycles. The van der Waals surface area contributed by atoms with Crippen molar-refractivity contribution in [1.82, 2.24) is 10.3 Å². The van der Waals surface area contributed by atoms with Gasteiger partial charge in [0.15, 0.2) is 0 Å². The Labute approximate surface area is 121 Å². The van der Waals surface area contributed by atoms with Crippen molar-refractivity contribution in [3.05, 3.63) is 42.2 Å². The Balaban J connectivity index is 1.95. The molecule has 1 saturated carbocycles. The summed E-state index contributed by atoms with van der Waals surface area (Å²) >= 11 is 0. The topological polar surface area (TPSA) is 24.9 Å². The maximum Gasteiger partial charge on any atom is 0.0353 e. The summed E-state index contributed by atoms with van der Waals surface area (Å²) in [5.41, 5.74) is 1.42. The molecule has 0 aliphatic heterocycles. The van der Waals surface area contributed by atoms with Crippen LogP contribution in [0.1, 0.15) is 44.2 Å². The lowest BCUT2D eigenvalue weighted by Gasteiger charge is -2.25. The maximum atomic E-state index is 4.32. The fourth-order valence-electron chi connectivity index (χ4n) is 3.84. The second-order valence-corrected chi connectivity index (χ2v) is 6.06. The quantitative estimate of drug-likeness (QED) is 0.893. The molecule has 3 rings (SSSR count). The molecule has 0 radical (unpaired) electrons. The van der Waals surface area contributed by atoms with Crippen molar-refractivity contribution in [2.45, 2.75) is 38.6 Å². The van der Waals surface area contributed by atoms with Crippen LogP contribution in [0.25, 0.3) is 10.8 Å². The maximum absolute atomic E-state index is 4.32. The Morgan fingerprint density at radius 3 is 2.95 bits per heavy atom. The molecule has 3 atom stereocenters. The van der Waals surface area contributed by atoms with E-state index in [1.165, 1.54) is 42.0 Å². The van der Waals surface area contributed by atoms with E-state index in [1.807, 2.05) is 12.4 Å². The van der Waals surface area contributed by atoms with Crippen LogP contribution in [-0.2, 0) is 0 Å². The molecule has 2 nitrogen and oxygen atoms in total. The predicted molar refractivity (Wildman–Crippen MR) is 84.7 cm³/mol. The van der Waals surface area contributed by atoms with Gasteiger partial charge in [-0.1, -0.05) is 38.0 Å². The van der Waals surface area contributed by atoms with Gasteiger partial charge in [-0.3, -0.25) is 4.98 Å². The summed E-state index contributed by atoms with van der Waals surface area (Å²) in [5.74, 6) is 1.68. The van der Waals surface area contributed by atoms with Crippen LogP contribution in [0.4, 0.5) is 0 Å². The number of nitrogens with one attached hydrogen (secondary N) is 1. The Morgan fingerprint density at radius 2 is 2.20 bits per heavy atom. The van der Waals surface area contributed by atoms with E-state index >= 15 is 0 Å². The molecule has 106 valence electrons. The van der Waals surface area contributed by atoms with Gasteiger partial charge in [-0.2, -0.15) is 0 Å². The molecule has 3 unspecified atom stereocenters. The molecular formula is C18H24N2. The highest BCUT2D eigenvalue weighted by atomic mass is 14.9. The van der Waals surface area contributed by atoms with Crippen LogP contribution < -0.4 is 5.32 Å². The molecule has 1 fully saturated rings. The van der Waals surface area contributed by atoms with Gasteiger partial charge in [0.1, 0.15) is 0 Å². The first-order valence-corrected chi connectivity index (χ1v) is 7.83. The second-order valence-electron chi connectivity index (χ2n) is 6.06. The van der Waals surface area contributed by atoms with Gasteiger partial charge < -0.3 is 5.32 Å². The lowest BCUT2D eigenvalue weighted by atomic mass is 9.88. The lowest BCUT2D eigenvalue weighted by molar-refractivity contribution is 0.374. The highest BCUT2D eigenvalue weighted by Crippen LogP contribution is 2.41. The largest absolute Gasteiger partial charge is 0.313 e. The molecule has 1 N–H and O–H groups in total. The van der Waals surface area contributed by atoms with Crippen molar-refractivity contribution in [3.8, 4) is 0 Å². The smallest absolute Gasteiger partial charge is 0.0353 e. The van der Waals surface area contributed by atoms with Crippen LogP contribution in [0.5, 0.6) is 0 Å². The fraction of sp³-hybridized carbons (Fsp3) is 0.500. The van der Waals surface area contributed by atoms with Gasteiger partial charge in [-0.05, 0) is 48.7 Å². The standard InChI is InChI=1S/C18H24N2/c1-3-13-7-8-15(11-13)18(19-2)16-6-4-5-14-9-10-20-12-17(14)16/h4-6,9-10,12-13,15,18-19H,3,7-8,11H2,1-2H3. The van der Waals surface area contributed by atoms with E-state index in [0.717, 1.165) is 11.8 Å². The van der Waals surface area contributed by atoms with Gasteiger partial charge in [0.2, 0.25) is 0 Å². The zero-order chi connectivity index (χ0) is 13.9. The van der Waals surface area contributed by atoms with Gasteiger partial charge in [-0.15, -0.1) is 0 Å². The Bertz CT molecular complexity index is 573. The van der Waals surface area contributed by atoms with Crippen LogP contribution in [0.2, 0.25) is 0 Å². The monoisotopic (exact) mass is 268 g/mol. The van der Waals surface area contributed by atoms with Crippen molar-refractivity contribution in [2.75, 3.05) is 7.05 Å². The van der Waals surface area contributed by atoms with Crippen LogP contribution >= 0.6 is 0 Å². The average Bonchev–Trinajstić information content (AvgIpc) is 2.97. The molecule has 2 heteroatoms. The molecule has 1 heterocycles. The number of fused-ring (bicyclic) bond motifs is 1. The lowest BCUT2D eigenvalue weighted by Crippen LogP contribution is -2.24. The third kappa shape index (κ3) is 2.45. The highest BCUT2D eigenvalue weighted by Gasteiger charge is 2.30. The van der Waals surface area contributed by atoms with E-state index in [0.29, 0.717) is 6.04 Å². The molecule has 20 heavy (non-hydrogen) atoms. The average molecular weight is 268 g/mol. The SMILES string of the molecule is CCC1CCC(C(NC)c2cccc3ccncc23)C1. The van der Waals surface area contributed by atoms with E-state index < -0.39 is 0 Å². The summed E-state index contributed by atoms with van der Waals surface area (Å²) in [6, 6.07) is 9.18. The van der Waals surface area contributed by atoms with E-state index in [2.05, 4.69) is 48.5 Å². The van der Waals surface area contributed by atoms with Gasteiger partial charge in [0.25, 0.3) is 0 Å². The Kier molecular flexibility index (Phi) is 4.02. The number of rotatable bonds is 4. The Morgan fingerprint density at radius 1 is 1.30 bits per heavy atom. The molecule has 1 aromatic carbocycles.